The average molecular weight is 369 g/mol. The molecule has 2 heterocycles. The highest BCUT2D eigenvalue weighted by molar-refractivity contribution is 7.22. The second-order valence-electron chi connectivity index (χ2n) is 6.20. The van der Waals surface area contributed by atoms with Crippen molar-refractivity contribution in [3.63, 3.8) is 0 Å². The minimum atomic E-state index is -0.442. The molecule has 0 saturated heterocycles. The first-order valence-electron chi connectivity index (χ1n) is 8.14. The Balaban J connectivity index is 1.87. The number of carbonyl (C=O) groups excluding carboxylic acids is 2. The van der Waals surface area contributed by atoms with Crippen molar-refractivity contribution < 1.29 is 14.3 Å². The number of thiophene rings is 1. The van der Waals surface area contributed by atoms with E-state index in [0.717, 1.165) is 23.1 Å². The van der Waals surface area contributed by atoms with E-state index >= 15 is 0 Å². The Morgan fingerprint density at radius 2 is 2.04 bits per heavy atom. The van der Waals surface area contributed by atoms with E-state index in [2.05, 4.69) is 0 Å². The van der Waals surface area contributed by atoms with Gasteiger partial charge in [-0.1, -0.05) is 30.9 Å². The topological polar surface area (TPSA) is 51.5 Å². The Hall–Kier alpha value is -1.53. The predicted molar refractivity (Wildman–Crippen MR) is 95.8 cm³/mol. The molecular weight excluding hydrogens is 348 g/mol. The SMILES string of the molecule is COC(=O)c1cc2sc(Cl)cc2n1CC(=O)N(C)C1CCCCC1. The van der Waals surface area contributed by atoms with Crippen LogP contribution in [0.25, 0.3) is 10.2 Å². The summed E-state index contributed by atoms with van der Waals surface area (Å²) in [6.45, 7) is 0.119. The minimum Gasteiger partial charge on any atom is -0.464 e. The van der Waals surface area contributed by atoms with Crippen molar-refractivity contribution in [3.05, 3.63) is 22.2 Å². The Morgan fingerprint density at radius 3 is 2.71 bits per heavy atom. The van der Waals surface area contributed by atoms with Gasteiger partial charge in [0.1, 0.15) is 12.2 Å². The number of amides is 1. The number of carbonyl (C=O) groups is 2. The molecule has 0 atom stereocenters. The van der Waals surface area contributed by atoms with Crippen LogP contribution in [0.5, 0.6) is 0 Å². The van der Waals surface area contributed by atoms with Crippen molar-refractivity contribution in [3.8, 4) is 0 Å². The Morgan fingerprint density at radius 1 is 1.33 bits per heavy atom. The smallest absolute Gasteiger partial charge is 0.354 e. The van der Waals surface area contributed by atoms with Gasteiger partial charge in [-0.05, 0) is 25.0 Å². The molecule has 2 aromatic heterocycles. The fraction of sp³-hybridized carbons (Fsp3) is 0.529. The van der Waals surface area contributed by atoms with Crippen LogP contribution in [-0.4, -0.2) is 41.5 Å². The second-order valence-corrected chi connectivity index (χ2v) is 7.92. The highest BCUT2D eigenvalue weighted by atomic mass is 35.5. The maximum absolute atomic E-state index is 12.7. The molecule has 1 aliphatic rings. The Labute approximate surface area is 150 Å². The number of ether oxygens (including phenoxy) is 1. The number of hydrogen-bond donors (Lipinski definition) is 0. The zero-order chi connectivity index (χ0) is 17.3. The molecule has 0 aliphatic heterocycles. The van der Waals surface area contributed by atoms with Crippen LogP contribution >= 0.6 is 22.9 Å². The summed E-state index contributed by atoms with van der Waals surface area (Å²) in [5, 5.41) is 0. The Kier molecular flexibility index (Phi) is 5.15. The van der Waals surface area contributed by atoms with E-state index < -0.39 is 5.97 Å². The van der Waals surface area contributed by atoms with Gasteiger partial charge >= 0.3 is 5.97 Å². The summed E-state index contributed by atoms with van der Waals surface area (Å²) >= 11 is 7.47. The van der Waals surface area contributed by atoms with Crippen LogP contribution < -0.4 is 0 Å². The van der Waals surface area contributed by atoms with Crippen LogP contribution in [0.15, 0.2) is 12.1 Å². The summed E-state index contributed by atoms with van der Waals surface area (Å²) in [6.07, 6.45) is 5.69. The first-order valence-corrected chi connectivity index (χ1v) is 9.33. The zero-order valence-corrected chi connectivity index (χ0v) is 15.5. The number of likely N-dealkylation sites (N-methyl/N-ethyl adjacent to an activating group) is 1. The van der Waals surface area contributed by atoms with Gasteiger partial charge in [-0.25, -0.2) is 4.79 Å². The monoisotopic (exact) mass is 368 g/mol. The van der Waals surface area contributed by atoms with E-state index in [1.54, 1.807) is 16.7 Å². The standard InChI is InChI=1S/C17H21ClN2O3S/c1-19(11-6-4-3-5-7-11)16(21)10-20-12-9-15(18)24-14(12)8-13(20)17(22)23-2/h8-9,11H,3-7,10H2,1-2H3. The normalized spacial score (nSPS) is 15.6. The third-order valence-electron chi connectivity index (χ3n) is 4.76. The lowest BCUT2D eigenvalue weighted by atomic mass is 9.94. The molecule has 1 aliphatic carbocycles. The number of methoxy groups -OCH3 is 1. The average Bonchev–Trinajstić information content (AvgIpc) is 3.11. The molecule has 2 aromatic rings. The van der Waals surface area contributed by atoms with E-state index in [1.807, 2.05) is 11.9 Å². The molecule has 1 fully saturated rings. The van der Waals surface area contributed by atoms with E-state index in [9.17, 15) is 9.59 Å². The number of aromatic nitrogens is 1. The highest BCUT2D eigenvalue weighted by Crippen LogP contribution is 2.32. The molecular formula is C17H21ClN2O3S. The van der Waals surface area contributed by atoms with Gasteiger partial charge in [-0.2, -0.15) is 0 Å². The lowest BCUT2D eigenvalue weighted by Gasteiger charge is -2.31. The summed E-state index contributed by atoms with van der Waals surface area (Å²) in [5.74, 6) is -0.436. The number of hydrogen-bond acceptors (Lipinski definition) is 4. The van der Waals surface area contributed by atoms with Gasteiger partial charge in [0.2, 0.25) is 5.91 Å². The maximum Gasteiger partial charge on any atom is 0.354 e. The van der Waals surface area contributed by atoms with E-state index in [1.165, 1.54) is 37.7 Å². The third kappa shape index (κ3) is 3.30. The molecule has 130 valence electrons. The van der Waals surface area contributed by atoms with Crippen LogP contribution in [0.4, 0.5) is 0 Å². The largest absolute Gasteiger partial charge is 0.464 e. The van der Waals surface area contributed by atoms with Crippen LogP contribution in [0.2, 0.25) is 4.34 Å². The number of rotatable bonds is 4. The highest BCUT2D eigenvalue weighted by Gasteiger charge is 2.25. The summed E-state index contributed by atoms with van der Waals surface area (Å²) in [6, 6.07) is 3.83. The summed E-state index contributed by atoms with van der Waals surface area (Å²) < 4.78 is 8.09. The van der Waals surface area contributed by atoms with Gasteiger partial charge < -0.3 is 14.2 Å². The summed E-state index contributed by atoms with van der Waals surface area (Å²) in [7, 11) is 3.20. The van der Waals surface area contributed by atoms with E-state index in [4.69, 9.17) is 16.3 Å². The number of nitrogens with zero attached hydrogens (tertiary/aromatic N) is 2. The van der Waals surface area contributed by atoms with Crippen molar-refractivity contribution in [2.24, 2.45) is 0 Å². The van der Waals surface area contributed by atoms with Gasteiger partial charge in [-0.3, -0.25) is 4.79 Å². The zero-order valence-electron chi connectivity index (χ0n) is 13.9. The molecule has 0 spiro atoms. The molecule has 1 amide bonds. The van der Waals surface area contributed by atoms with Crippen molar-refractivity contribution in [1.82, 2.24) is 9.47 Å². The fourth-order valence-electron chi connectivity index (χ4n) is 3.37. The van der Waals surface area contributed by atoms with Gasteiger partial charge in [0, 0.05) is 13.1 Å². The number of fused-ring (bicyclic) bond motifs is 1. The fourth-order valence-corrected chi connectivity index (χ4v) is 4.55. The molecule has 0 aromatic carbocycles. The first kappa shape index (κ1) is 17.3. The molecule has 0 bridgehead atoms. The van der Waals surface area contributed by atoms with Gasteiger partial charge in [0.25, 0.3) is 0 Å². The Bertz CT molecular complexity index is 761. The second kappa shape index (κ2) is 7.15. The van der Waals surface area contributed by atoms with Gasteiger partial charge in [0.05, 0.1) is 21.7 Å². The van der Waals surface area contributed by atoms with Gasteiger partial charge in [0.15, 0.2) is 0 Å². The van der Waals surface area contributed by atoms with Crippen LogP contribution in [-0.2, 0) is 16.1 Å². The van der Waals surface area contributed by atoms with Crippen LogP contribution in [0.3, 0.4) is 0 Å². The quantitative estimate of drug-likeness (QED) is 0.768. The molecule has 0 radical (unpaired) electrons. The molecule has 0 N–H and O–H groups in total. The third-order valence-corrected chi connectivity index (χ3v) is 5.96. The van der Waals surface area contributed by atoms with Gasteiger partial charge in [-0.15, -0.1) is 11.3 Å². The minimum absolute atomic E-state index is 0.00637. The van der Waals surface area contributed by atoms with Crippen LogP contribution in [0.1, 0.15) is 42.6 Å². The number of halogens is 1. The van der Waals surface area contributed by atoms with Crippen molar-refractivity contribution in [2.45, 2.75) is 44.7 Å². The van der Waals surface area contributed by atoms with Crippen molar-refractivity contribution in [2.75, 3.05) is 14.2 Å². The van der Waals surface area contributed by atoms with Crippen molar-refractivity contribution >= 4 is 45.0 Å². The summed E-state index contributed by atoms with van der Waals surface area (Å²) in [4.78, 5) is 26.6. The van der Waals surface area contributed by atoms with E-state index in [0.29, 0.717) is 16.1 Å². The molecule has 0 unspecified atom stereocenters. The molecule has 24 heavy (non-hydrogen) atoms. The van der Waals surface area contributed by atoms with E-state index in [-0.39, 0.29) is 12.5 Å². The lowest BCUT2D eigenvalue weighted by molar-refractivity contribution is -0.133. The molecule has 7 heteroatoms. The molecule has 3 rings (SSSR count). The number of esters is 1. The van der Waals surface area contributed by atoms with Crippen LogP contribution in [0, 0.1) is 0 Å². The molecule has 5 nitrogen and oxygen atoms in total. The molecule has 1 saturated carbocycles. The summed E-state index contributed by atoms with van der Waals surface area (Å²) in [5.41, 5.74) is 1.19. The first-order chi connectivity index (χ1) is 11.5. The lowest BCUT2D eigenvalue weighted by Crippen LogP contribution is -2.40. The predicted octanol–water partition coefficient (Wildman–Crippen LogP) is 3.93. The van der Waals surface area contributed by atoms with Crippen molar-refractivity contribution in [1.29, 1.82) is 0 Å². The maximum atomic E-state index is 12.7.